The van der Waals surface area contributed by atoms with Gasteiger partial charge < -0.3 is 32.7 Å². The predicted octanol–water partition coefficient (Wildman–Crippen LogP) is 7.18. The van der Waals surface area contributed by atoms with Crippen molar-refractivity contribution in [3.05, 3.63) is 148 Å². The molecule has 0 spiro atoms. The number of aryl methyl sites for hydroxylation is 4. The number of carbonyl (C=O) groups excluding carboxylic acids is 2. The van der Waals surface area contributed by atoms with E-state index in [0.717, 1.165) is 100 Å². The molecule has 9 aromatic rings. The van der Waals surface area contributed by atoms with E-state index in [0.29, 0.717) is 37.6 Å². The average molecular weight is 854 g/mol. The fraction of sp³-hybridized carbons (Fsp3) is 0.163. The summed E-state index contributed by atoms with van der Waals surface area (Å²) in [5, 5.41) is 14.6. The van der Waals surface area contributed by atoms with Gasteiger partial charge in [-0.25, -0.2) is 15.0 Å². The van der Waals surface area contributed by atoms with Crippen LogP contribution in [0.4, 0.5) is 22.7 Å². The summed E-state index contributed by atoms with van der Waals surface area (Å²) in [6, 6.07) is 36.6. The molecule has 0 aliphatic rings. The molecule has 6 aromatic carbocycles. The molecule has 63 heavy (non-hydrogen) atoms. The highest BCUT2D eigenvalue weighted by Gasteiger charge is 2.24. The molecule has 3 heterocycles. The zero-order valence-electron chi connectivity index (χ0n) is 35.4. The van der Waals surface area contributed by atoms with Crippen LogP contribution >= 0.6 is 11.3 Å². The van der Waals surface area contributed by atoms with Crippen LogP contribution in [0.1, 0.15) is 42.5 Å². The van der Waals surface area contributed by atoms with Crippen LogP contribution in [0.5, 0.6) is 0 Å². The molecule has 13 nitrogen and oxygen atoms in total. The van der Waals surface area contributed by atoms with Gasteiger partial charge in [0.25, 0.3) is 11.8 Å². The Hall–Kier alpha value is -7.71. The number of anilines is 4. The van der Waals surface area contributed by atoms with Crippen molar-refractivity contribution >= 4 is 90.0 Å². The zero-order chi connectivity index (χ0) is 43.8. The molecule has 9 rings (SSSR count). The van der Waals surface area contributed by atoms with Gasteiger partial charge in [-0.3, -0.25) is 9.59 Å². The third-order valence-electron chi connectivity index (χ3n) is 11.2. The summed E-state index contributed by atoms with van der Waals surface area (Å²) in [5.74, 6) is -0.697. The van der Waals surface area contributed by atoms with Crippen LogP contribution in [0, 0.1) is 27.7 Å². The number of thiazole rings is 1. The molecule has 0 saturated heterocycles. The number of hydrogen-bond donors (Lipinski definition) is 6. The number of nitrogens with two attached hydrogens (primary N) is 2. The van der Waals surface area contributed by atoms with E-state index >= 15 is 0 Å². The van der Waals surface area contributed by atoms with E-state index in [-0.39, 0.29) is 22.5 Å². The van der Waals surface area contributed by atoms with E-state index in [1.54, 1.807) is 5.38 Å². The molecule has 0 radical (unpaired) electrons. The highest BCUT2D eigenvalue weighted by atomic mass is 32.1. The van der Waals surface area contributed by atoms with Crippen LogP contribution in [0.2, 0.25) is 0 Å². The first-order valence-corrected chi connectivity index (χ1v) is 21.6. The van der Waals surface area contributed by atoms with Crippen molar-refractivity contribution in [1.82, 2.24) is 25.6 Å². The fourth-order valence-electron chi connectivity index (χ4n) is 7.84. The normalized spacial score (nSPS) is 11.4. The number of para-hydroxylation sites is 2. The number of rotatable bonds is 12. The molecular weight excluding hydrogens is 807 g/mol. The first kappa shape index (κ1) is 40.7. The smallest absolute Gasteiger partial charge is 0.280 e. The number of nitrogens with one attached hydrogen (secondary N) is 4. The number of benzene rings is 6. The van der Waals surface area contributed by atoms with Crippen molar-refractivity contribution in [3.63, 3.8) is 0 Å². The zero-order valence-corrected chi connectivity index (χ0v) is 36.2. The van der Waals surface area contributed by atoms with Crippen molar-refractivity contribution in [2.24, 2.45) is 0 Å². The summed E-state index contributed by atoms with van der Waals surface area (Å²) < 4.78 is 4.35. The Morgan fingerprint density at radius 2 is 0.937 bits per heavy atom. The van der Waals surface area contributed by atoms with Crippen LogP contribution in [-0.2, 0) is 0 Å². The number of nitrogen functional groups attached to an aromatic ring is 2. The lowest BCUT2D eigenvalue weighted by Gasteiger charge is -2.12. The Morgan fingerprint density at radius 3 is 1.40 bits per heavy atom. The average Bonchev–Trinajstić information content (AvgIpc) is 3.78. The summed E-state index contributed by atoms with van der Waals surface area (Å²) in [5.41, 5.74) is 29.3. The molecule has 0 unspecified atom stereocenters. The van der Waals surface area contributed by atoms with Crippen LogP contribution < -0.4 is 41.9 Å². The second-order valence-electron chi connectivity index (χ2n) is 15.7. The minimum atomic E-state index is -0.353. The number of aromatic nitrogens is 5. The van der Waals surface area contributed by atoms with Gasteiger partial charge in [0.15, 0.2) is 5.01 Å². The lowest BCUT2D eigenvalue weighted by molar-refractivity contribution is -0.538. The Labute approximate surface area is 367 Å². The van der Waals surface area contributed by atoms with Gasteiger partial charge in [0, 0.05) is 103 Å². The monoisotopic (exact) mass is 853 g/mol. The van der Waals surface area contributed by atoms with Crippen LogP contribution in [0.25, 0.3) is 55.5 Å². The molecular formula is C49H47N11O2S+2. The van der Waals surface area contributed by atoms with Gasteiger partial charge in [-0.15, -0.1) is 20.5 Å². The maximum absolute atomic E-state index is 13.1. The van der Waals surface area contributed by atoms with Gasteiger partial charge in [-0.2, -0.15) is 0 Å². The van der Waals surface area contributed by atoms with E-state index < -0.39 is 0 Å². The van der Waals surface area contributed by atoms with E-state index in [1.807, 2.05) is 88.4 Å². The van der Waals surface area contributed by atoms with Gasteiger partial charge >= 0.3 is 0 Å². The molecule has 14 heteroatoms. The number of hydrogen-bond acceptors (Lipinski definition) is 10. The van der Waals surface area contributed by atoms with Gasteiger partial charge in [-0.05, 0) is 74.2 Å². The lowest BCUT2D eigenvalue weighted by atomic mass is 10.1. The fourth-order valence-corrected chi connectivity index (χ4v) is 8.55. The van der Waals surface area contributed by atoms with Gasteiger partial charge in [0.1, 0.15) is 27.8 Å². The summed E-state index contributed by atoms with van der Waals surface area (Å²) in [6.45, 7) is 9.65. The van der Waals surface area contributed by atoms with E-state index in [2.05, 4.69) is 83.9 Å². The van der Waals surface area contributed by atoms with Gasteiger partial charge in [-0.1, -0.05) is 36.4 Å². The molecule has 314 valence electrons. The second-order valence-corrected chi connectivity index (χ2v) is 16.5. The summed E-state index contributed by atoms with van der Waals surface area (Å²) in [4.78, 5) is 40.6. The molecule has 0 bridgehead atoms. The molecule has 3 aromatic heterocycles. The Balaban J connectivity index is 0.821. The summed E-state index contributed by atoms with van der Waals surface area (Å²) >= 11 is 1.13. The van der Waals surface area contributed by atoms with E-state index in [9.17, 15) is 9.59 Å². The third-order valence-corrected chi connectivity index (χ3v) is 12.1. The quantitative estimate of drug-likeness (QED) is 0.0321. The molecule has 0 fully saturated rings. The van der Waals surface area contributed by atoms with E-state index in [4.69, 9.17) is 21.4 Å². The summed E-state index contributed by atoms with van der Waals surface area (Å²) in [6.07, 6.45) is 0. The second kappa shape index (κ2) is 17.0. The lowest BCUT2D eigenvalue weighted by Crippen LogP contribution is -2.33. The topological polar surface area (TPSA) is 181 Å². The van der Waals surface area contributed by atoms with Crippen LogP contribution in [-0.4, -0.2) is 52.9 Å². The van der Waals surface area contributed by atoms with Crippen molar-refractivity contribution in [2.75, 3.05) is 48.3 Å². The standard InChI is InChI=1S/C49H45N11O2S/c1-28-19-38-43(23-34(28)50)59(32-11-7-5-8-12-32)45-25-36(30(3)21-40(45)56-38)52-15-17-54-47(61)42-27-63-49(58-42)48(62)55-18-16-53-37-26-46-41(22-31(37)4)57-39-20-29(2)35(51)24-44(39)60(46)33-13-9-6-10-14-33/h5-14,19-27H,15-18H2,1-4H3,(H6,50,51,52,53,54,55,61,62)/p+2. The maximum Gasteiger partial charge on any atom is 0.280 e. The van der Waals surface area contributed by atoms with Crippen molar-refractivity contribution < 1.29 is 18.7 Å². The molecule has 2 amide bonds. The highest BCUT2D eigenvalue weighted by Crippen LogP contribution is 2.28. The van der Waals surface area contributed by atoms with Crippen LogP contribution in [0.3, 0.4) is 0 Å². The molecule has 0 aliphatic heterocycles. The Bertz CT molecular complexity index is 3030. The number of carbonyl (C=O) groups is 2. The Morgan fingerprint density at radius 1 is 0.524 bits per heavy atom. The first-order valence-electron chi connectivity index (χ1n) is 20.8. The molecule has 0 saturated carbocycles. The molecule has 0 atom stereocenters. The summed E-state index contributed by atoms with van der Waals surface area (Å²) in [7, 11) is 0. The first-order chi connectivity index (χ1) is 30.5. The Kier molecular flexibility index (Phi) is 11.0. The maximum atomic E-state index is 13.1. The molecule has 8 N–H and O–H groups in total. The number of fused-ring (bicyclic) bond motifs is 4. The number of amides is 2. The van der Waals surface area contributed by atoms with Crippen molar-refractivity contribution in [3.8, 4) is 11.4 Å². The number of nitrogens with zero attached hydrogens (tertiary/aromatic N) is 5. The predicted molar refractivity (Wildman–Crippen MR) is 253 cm³/mol. The van der Waals surface area contributed by atoms with E-state index in [1.165, 1.54) is 0 Å². The molecule has 0 aliphatic carbocycles. The van der Waals surface area contributed by atoms with Crippen molar-refractivity contribution in [2.45, 2.75) is 27.7 Å². The van der Waals surface area contributed by atoms with Gasteiger partial charge in [0.2, 0.25) is 33.4 Å². The largest absolute Gasteiger partial charge is 0.398 e. The highest BCUT2D eigenvalue weighted by molar-refractivity contribution is 7.11. The van der Waals surface area contributed by atoms with Crippen LogP contribution in [0.15, 0.2) is 115 Å². The van der Waals surface area contributed by atoms with Gasteiger partial charge in [0.05, 0.1) is 0 Å². The minimum absolute atomic E-state index is 0.193. The van der Waals surface area contributed by atoms with Crippen molar-refractivity contribution in [1.29, 1.82) is 0 Å². The SMILES string of the molecule is Cc1cc2nc3cc(C)c(NCCNC(=O)c4csc(C(=O)NCCNc5cc6c(cc5C)nc5cc(C)c(N)cc5[n+]6-c5ccccc5)n4)cc3[n+](-c3ccccc3)c2cc1N. The third kappa shape index (κ3) is 8.11. The minimum Gasteiger partial charge on any atom is -0.398 e.